The molecule has 0 spiro atoms. The van der Waals surface area contributed by atoms with Crippen LogP contribution >= 0.6 is 27.3 Å². The molecule has 0 saturated carbocycles. The van der Waals surface area contributed by atoms with Gasteiger partial charge in [-0.25, -0.2) is 0 Å². The van der Waals surface area contributed by atoms with Crippen LogP contribution in [0.3, 0.4) is 0 Å². The average Bonchev–Trinajstić information content (AvgIpc) is 2.75. The van der Waals surface area contributed by atoms with Gasteiger partial charge in [0.25, 0.3) is 5.91 Å². The van der Waals surface area contributed by atoms with Crippen LogP contribution < -0.4 is 5.32 Å². The molecule has 6 heteroatoms. The van der Waals surface area contributed by atoms with Gasteiger partial charge in [0.2, 0.25) is 5.88 Å². The van der Waals surface area contributed by atoms with Gasteiger partial charge < -0.3 is 4.52 Å². The Hall–Kier alpha value is -1.14. The van der Waals surface area contributed by atoms with Gasteiger partial charge in [0, 0.05) is 6.07 Å². The van der Waals surface area contributed by atoms with Crippen LogP contribution in [0.2, 0.25) is 0 Å². The highest BCUT2D eigenvalue weighted by Gasteiger charge is 2.10. The first-order valence-corrected chi connectivity index (χ1v) is 5.76. The lowest BCUT2D eigenvalue weighted by Gasteiger charge is -1.96. The number of carbonyl (C=O) groups is 1. The minimum absolute atomic E-state index is 0.193. The average molecular weight is 287 g/mol. The second kappa shape index (κ2) is 4.16. The number of amides is 1. The topological polar surface area (TPSA) is 55.1 Å². The van der Waals surface area contributed by atoms with Crippen molar-refractivity contribution in [3.8, 4) is 0 Å². The Morgan fingerprint density at radius 1 is 1.60 bits per heavy atom. The van der Waals surface area contributed by atoms with Gasteiger partial charge in [-0.1, -0.05) is 5.16 Å². The third kappa shape index (κ3) is 2.45. The van der Waals surface area contributed by atoms with Crippen LogP contribution in [0, 0.1) is 6.92 Å². The number of nitrogens with zero attached hydrogens (tertiary/aromatic N) is 1. The number of anilines is 1. The fourth-order valence-corrected chi connectivity index (χ4v) is 2.31. The maximum Gasteiger partial charge on any atom is 0.268 e. The minimum atomic E-state index is -0.193. The largest absolute Gasteiger partial charge is 0.338 e. The zero-order chi connectivity index (χ0) is 10.8. The number of hydrogen-bond acceptors (Lipinski definition) is 4. The van der Waals surface area contributed by atoms with Gasteiger partial charge in [-0.05, 0) is 35.0 Å². The molecule has 2 heterocycles. The molecule has 0 aliphatic heterocycles. The van der Waals surface area contributed by atoms with E-state index >= 15 is 0 Å². The van der Waals surface area contributed by atoms with Crippen molar-refractivity contribution in [2.24, 2.45) is 0 Å². The van der Waals surface area contributed by atoms with Crippen molar-refractivity contribution in [2.45, 2.75) is 6.92 Å². The van der Waals surface area contributed by atoms with Crippen molar-refractivity contribution in [1.29, 1.82) is 0 Å². The zero-order valence-electron chi connectivity index (χ0n) is 7.78. The van der Waals surface area contributed by atoms with E-state index in [9.17, 15) is 4.79 Å². The molecule has 0 fully saturated rings. The van der Waals surface area contributed by atoms with E-state index in [1.54, 1.807) is 19.1 Å². The van der Waals surface area contributed by atoms with Crippen molar-refractivity contribution in [2.75, 3.05) is 5.32 Å². The first-order valence-electron chi connectivity index (χ1n) is 4.15. The van der Waals surface area contributed by atoms with E-state index in [2.05, 4.69) is 26.4 Å². The summed E-state index contributed by atoms with van der Waals surface area (Å²) in [6, 6.07) is 5.24. The molecule has 78 valence electrons. The molecule has 0 aliphatic rings. The Kier molecular flexibility index (Phi) is 2.88. The molecule has 2 aromatic heterocycles. The Bertz CT molecular complexity index is 492. The van der Waals surface area contributed by atoms with Gasteiger partial charge in [-0.15, -0.1) is 11.3 Å². The van der Waals surface area contributed by atoms with E-state index in [1.807, 2.05) is 6.07 Å². The molecule has 0 atom stereocenters. The number of nitrogens with one attached hydrogen (secondary N) is 1. The molecule has 0 aliphatic carbocycles. The van der Waals surface area contributed by atoms with Crippen molar-refractivity contribution in [3.63, 3.8) is 0 Å². The first kappa shape index (κ1) is 10.4. The summed E-state index contributed by atoms with van der Waals surface area (Å²) in [4.78, 5) is 12.2. The summed E-state index contributed by atoms with van der Waals surface area (Å²) in [7, 11) is 0. The van der Waals surface area contributed by atoms with Crippen molar-refractivity contribution in [3.05, 3.63) is 32.6 Å². The lowest BCUT2D eigenvalue weighted by molar-refractivity contribution is 0.102. The predicted molar refractivity (Wildman–Crippen MR) is 61.2 cm³/mol. The second-order valence-corrected chi connectivity index (χ2v) is 5.35. The Morgan fingerprint density at radius 2 is 2.40 bits per heavy atom. The summed E-state index contributed by atoms with van der Waals surface area (Å²) >= 11 is 4.66. The van der Waals surface area contributed by atoms with E-state index in [0.717, 1.165) is 9.48 Å². The summed E-state index contributed by atoms with van der Waals surface area (Å²) in [6.45, 7) is 1.79. The fraction of sp³-hybridized carbons (Fsp3) is 0.111. The molecule has 2 rings (SSSR count). The van der Waals surface area contributed by atoms with Crippen LogP contribution in [0.1, 0.15) is 15.4 Å². The summed E-state index contributed by atoms with van der Waals surface area (Å²) < 4.78 is 5.79. The lowest BCUT2D eigenvalue weighted by Crippen LogP contribution is -2.09. The zero-order valence-corrected chi connectivity index (χ0v) is 10.2. The predicted octanol–water partition coefficient (Wildman–Crippen LogP) is 3.06. The number of thiophene rings is 1. The van der Waals surface area contributed by atoms with Gasteiger partial charge in [-0.3, -0.25) is 10.1 Å². The van der Waals surface area contributed by atoms with Crippen LogP contribution in [0.5, 0.6) is 0 Å². The molecule has 1 N–H and O–H groups in total. The minimum Gasteiger partial charge on any atom is -0.338 e. The molecule has 4 nitrogen and oxygen atoms in total. The van der Waals surface area contributed by atoms with Gasteiger partial charge in [-0.2, -0.15) is 0 Å². The summed E-state index contributed by atoms with van der Waals surface area (Å²) in [5.74, 6) is 0.170. The normalized spacial score (nSPS) is 10.3. The Morgan fingerprint density at radius 3 is 2.93 bits per heavy atom. The highest BCUT2D eigenvalue weighted by atomic mass is 79.9. The second-order valence-electron chi connectivity index (χ2n) is 2.89. The van der Waals surface area contributed by atoms with E-state index in [1.165, 1.54) is 11.3 Å². The van der Waals surface area contributed by atoms with E-state index < -0.39 is 0 Å². The molecule has 0 radical (unpaired) electrons. The molecule has 1 amide bonds. The monoisotopic (exact) mass is 286 g/mol. The fourth-order valence-electron chi connectivity index (χ4n) is 1.03. The van der Waals surface area contributed by atoms with E-state index in [-0.39, 0.29) is 5.91 Å². The molecule has 2 aromatic rings. The molecule has 0 unspecified atom stereocenters. The number of hydrogen-bond donors (Lipinski definition) is 1. The number of halogens is 1. The Balaban J connectivity index is 2.10. The molecular weight excluding hydrogens is 280 g/mol. The molecule has 15 heavy (non-hydrogen) atoms. The summed E-state index contributed by atoms with van der Waals surface area (Å²) in [6.07, 6.45) is 0. The van der Waals surface area contributed by atoms with Crippen LogP contribution in [0.4, 0.5) is 5.88 Å². The molecule has 0 bridgehead atoms. The smallest absolute Gasteiger partial charge is 0.268 e. The van der Waals surface area contributed by atoms with Crippen molar-refractivity contribution < 1.29 is 9.32 Å². The van der Waals surface area contributed by atoms with Crippen LogP contribution in [-0.2, 0) is 0 Å². The van der Waals surface area contributed by atoms with Crippen molar-refractivity contribution in [1.82, 2.24) is 5.16 Å². The number of aromatic nitrogens is 1. The van der Waals surface area contributed by atoms with E-state index in [4.69, 9.17) is 4.52 Å². The van der Waals surface area contributed by atoms with Gasteiger partial charge >= 0.3 is 0 Å². The number of aryl methyl sites for hydroxylation is 1. The summed E-state index contributed by atoms with van der Waals surface area (Å²) in [5.41, 5.74) is 0.734. The van der Waals surface area contributed by atoms with E-state index in [0.29, 0.717) is 10.8 Å². The highest BCUT2D eigenvalue weighted by molar-refractivity contribution is 9.11. The van der Waals surface area contributed by atoms with Gasteiger partial charge in [0.05, 0.1) is 14.4 Å². The van der Waals surface area contributed by atoms with Crippen LogP contribution in [0.15, 0.2) is 26.5 Å². The lowest BCUT2D eigenvalue weighted by atomic mass is 10.4. The standard InChI is InChI=1S/C9H7BrN2O2S/c1-5-4-8(14-12-5)11-9(13)6-2-3-7(10)15-6/h2-4H,1H3,(H,11,13). The van der Waals surface area contributed by atoms with Crippen LogP contribution in [0.25, 0.3) is 0 Å². The molecular formula is C9H7BrN2O2S. The third-order valence-corrected chi connectivity index (χ3v) is 3.28. The third-order valence-electron chi connectivity index (χ3n) is 1.66. The molecule has 0 aromatic carbocycles. The number of rotatable bonds is 2. The van der Waals surface area contributed by atoms with Gasteiger partial charge in [0.15, 0.2) is 0 Å². The maximum atomic E-state index is 11.6. The van der Waals surface area contributed by atoms with Crippen molar-refractivity contribution >= 4 is 39.1 Å². The van der Waals surface area contributed by atoms with Crippen LogP contribution in [-0.4, -0.2) is 11.1 Å². The quantitative estimate of drug-likeness (QED) is 0.923. The van der Waals surface area contributed by atoms with Gasteiger partial charge in [0.1, 0.15) is 0 Å². The number of carbonyl (C=O) groups excluding carboxylic acids is 1. The highest BCUT2D eigenvalue weighted by Crippen LogP contribution is 2.23. The SMILES string of the molecule is Cc1cc(NC(=O)c2ccc(Br)s2)on1. The Labute approximate surface area is 98.4 Å². The summed E-state index contributed by atoms with van der Waals surface area (Å²) in [5, 5.41) is 6.29. The molecule has 0 saturated heterocycles. The maximum absolute atomic E-state index is 11.6. The first-order chi connectivity index (χ1) is 7.15.